The fraction of sp³-hybridized carbons (Fsp3) is 0.291. The average Bonchev–Trinajstić information content (AvgIpc) is 1.62. The Balaban J connectivity index is 0.000000110. The number of aromatic amines is 4. The minimum atomic E-state index is -0.429. The van der Waals surface area contributed by atoms with E-state index < -0.39 is 4.92 Å². The zero-order valence-electron chi connectivity index (χ0n) is 71.7. The maximum absolute atomic E-state index is 12.3. The van der Waals surface area contributed by atoms with E-state index in [2.05, 4.69) is 137 Å². The number of carbonyl (C=O) groups is 1. The highest BCUT2D eigenvalue weighted by molar-refractivity contribution is 7.08. The third-order valence-electron chi connectivity index (χ3n) is 22.3. The third kappa shape index (κ3) is 17.9. The number of nitrogens with one attached hydrogen (secondary N) is 8. The van der Waals surface area contributed by atoms with E-state index >= 15 is 0 Å². The molecule has 4 saturated heterocycles. The number of anilines is 10. The number of hydrogen-bond acceptors (Lipinski definition) is 37. The number of thiophene rings is 3. The van der Waals surface area contributed by atoms with E-state index in [1.165, 1.54) is 6.07 Å². The van der Waals surface area contributed by atoms with Crippen molar-refractivity contribution in [1.82, 2.24) is 118 Å². The molecule has 15 aromatic heterocycles. The van der Waals surface area contributed by atoms with Gasteiger partial charge in [0, 0.05) is 86.3 Å². The summed E-state index contributed by atoms with van der Waals surface area (Å²) in [5, 5.41) is 37.1. The van der Waals surface area contributed by atoms with Gasteiger partial charge in [0.15, 0.2) is 73.4 Å². The highest BCUT2D eigenvalue weighted by Gasteiger charge is 2.28. The molecule has 0 aliphatic carbocycles. The molecule has 4 aliphatic rings. The molecule has 132 heavy (non-hydrogen) atoms. The van der Waals surface area contributed by atoms with Crippen LogP contribution in [0.25, 0.3) is 106 Å². The largest absolute Gasteiger partial charge is 0.462 e. The van der Waals surface area contributed by atoms with Crippen LogP contribution < -0.4 is 52.3 Å². The maximum Gasteiger partial charge on any atom is 0.340 e. The Morgan fingerprint density at radius 1 is 0.447 bits per heavy atom. The number of fused-ring (bicyclic) bond motifs is 8. The van der Waals surface area contributed by atoms with Gasteiger partial charge in [-0.2, -0.15) is 73.9 Å². The van der Waals surface area contributed by atoms with Gasteiger partial charge in [-0.05, 0) is 104 Å². The zero-order chi connectivity index (χ0) is 89.7. The standard InChI is InChI=1S/C24H24N8O3S.2C21H21N9OS.C20H23N9O3/c1-2-35-23(33)16-4-3-5-17-19(16)28-18(27-17)12-25-21-20-22(32(14-26-20)15-6-11-36-13-15)30-24(29-21)31-7-9-34-10-8-31;22-13-1-2-15-16(9-13)26-17(25-15)10-23-19-18-20(30(12-24-18)14-3-8-32-11-14)28-21(27-19)29-4-6-31-7-5-29;22-14-2-1-3-15-17(14)26-16(25-15)10-23-19-18-20(30(12-24-18)13-4-9-32-11-13)28-21(27-19)29-5-7-31-8-6-29;1-12(2)28-11-22-17-18(25-20(26-19(17)28)27-6-8-32-9-7-27)21-10-15-23-13-4-3-5-14(29(30)31)16(13)24-15/h3-6,11,13-14H,2,7-10,12H2,1H3,(H,27,28)(H,25,29,30);1-3,8-9,11-12H,4-7,10,22H2,(H,25,26)(H,23,27,28);1-4,9,11-12H,5-8,10,22H2,(H,25,26)(H,23,27,28);3-5,11-12H,6-10H2,1-2H3,(H,23,24)(H,21,25,26). The van der Waals surface area contributed by atoms with Crippen LogP contribution >= 0.6 is 34.0 Å². The third-order valence-corrected chi connectivity index (χ3v) is 24.3. The Labute approximate surface area is 761 Å². The van der Waals surface area contributed by atoms with Crippen molar-refractivity contribution < 1.29 is 33.4 Å². The number of ether oxygens (including phenoxy) is 5. The monoisotopic (exact) mass is 1840 g/mol. The van der Waals surface area contributed by atoms with Gasteiger partial charge in [0.1, 0.15) is 53.3 Å². The number of carbonyl (C=O) groups excluding carboxylic acids is 1. The molecule has 19 heterocycles. The fourth-order valence-electron chi connectivity index (χ4n) is 15.7. The summed E-state index contributed by atoms with van der Waals surface area (Å²) in [6.07, 6.45) is 7.11. The number of non-ortho nitro benzene ring substituents is 1. The lowest BCUT2D eigenvalue weighted by Crippen LogP contribution is -2.37. The highest BCUT2D eigenvalue weighted by Crippen LogP contribution is 2.34. The molecule has 46 heteroatoms. The van der Waals surface area contributed by atoms with E-state index in [0.717, 1.165) is 118 Å². The van der Waals surface area contributed by atoms with Crippen molar-refractivity contribution >= 4 is 193 Å². The predicted molar refractivity (Wildman–Crippen MR) is 507 cm³/mol. The minimum absolute atomic E-state index is 0.0280. The quantitative estimate of drug-likeness (QED) is 0.0123. The summed E-state index contributed by atoms with van der Waals surface area (Å²) in [6.45, 7) is 18.9. The summed E-state index contributed by atoms with van der Waals surface area (Å²) < 4.78 is 35.1. The molecule has 0 spiro atoms. The molecule has 4 fully saturated rings. The summed E-state index contributed by atoms with van der Waals surface area (Å²) >= 11 is 4.89. The number of aromatic nitrogens is 24. The number of nitrogen functional groups attached to an aromatic ring is 2. The van der Waals surface area contributed by atoms with Gasteiger partial charge >= 0.3 is 5.97 Å². The Bertz CT molecular complexity index is 7300. The van der Waals surface area contributed by atoms with E-state index in [1.807, 2.05) is 95.1 Å². The van der Waals surface area contributed by atoms with Gasteiger partial charge in [0.2, 0.25) is 23.8 Å². The summed E-state index contributed by atoms with van der Waals surface area (Å²) in [7, 11) is 0. The van der Waals surface area contributed by atoms with Crippen LogP contribution in [0.2, 0.25) is 0 Å². The number of benzene rings is 4. The van der Waals surface area contributed by atoms with E-state index in [1.54, 1.807) is 84.4 Å². The van der Waals surface area contributed by atoms with Crippen LogP contribution in [0.1, 0.15) is 60.5 Å². The SMILES string of the molecule is CC(C)n1cnc2c(NCc3nc4c([N+](=O)[O-])cccc4[nH]3)nc(N3CCOCC3)nc21.CCOC(=O)c1cccc2[nH]c(CNc3nc(N4CCOCC4)nc4c3ncn4-c3ccsc3)nc12.Nc1ccc2nc(CNc3nc(N4CCOCC4)nc4c3ncn4-c3ccsc3)[nH]c2c1.Nc1cccc2[nH]c(CNc3nc(N4CCOCC4)nc4c3ncn4-c3ccsc3)nc12. The molecule has 0 atom stereocenters. The number of rotatable bonds is 23. The maximum atomic E-state index is 12.3. The molecule has 674 valence electrons. The summed E-state index contributed by atoms with van der Waals surface area (Å²) in [4.78, 5) is 120. The van der Waals surface area contributed by atoms with Crippen LogP contribution in [0.3, 0.4) is 0 Å². The minimum Gasteiger partial charge on any atom is -0.462 e. The van der Waals surface area contributed by atoms with E-state index in [-0.39, 0.29) is 17.7 Å². The summed E-state index contributed by atoms with van der Waals surface area (Å²) in [5.41, 5.74) is 28.3. The molecule has 0 amide bonds. The van der Waals surface area contributed by atoms with Gasteiger partial charge in [-0.3, -0.25) is 23.8 Å². The van der Waals surface area contributed by atoms with Crippen molar-refractivity contribution in [3.05, 3.63) is 188 Å². The molecule has 23 rings (SSSR count). The van der Waals surface area contributed by atoms with Crippen molar-refractivity contribution in [1.29, 1.82) is 0 Å². The number of nitro benzene ring substituents is 1. The molecule has 4 aromatic carbocycles. The second-order valence-electron chi connectivity index (χ2n) is 31.1. The van der Waals surface area contributed by atoms with E-state index in [0.29, 0.717) is 213 Å². The lowest BCUT2D eigenvalue weighted by Gasteiger charge is -2.27. The number of esters is 1. The molecular formula is C86H89N35O8S3. The zero-order valence-corrected chi connectivity index (χ0v) is 74.1. The molecular weight excluding hydrogens is 1750 g/mol. The summed E-state index contributed by atoms with van der Waals surface area (Å²) in [5.74, 6) is 7.52. The molecule has 0 radical (unpaired) electrons. The Kier molecular flexibility index (Phi) is 24.3. The van der Waals surface area contributed by atoms with Gasteiger partial charge in [-0.25, -0.2) is 44.7 Å². The molecule has 43 nitrogen and oxygen atoms in total. The molecule has 19 aromatic rings. The molecule has 0 bridgehead atoms. The van der Waals surface area contributed by atoms with Gasteiger partial charge in [0.25, 0.3) is 5.69 Å². The Hall–Kier alpha value is -15.2. The van der Waals surface area contributed by atoms with Gasteiger partial charge in [-0.15, -0.1) is 0 Å². The van der Waals surface area contributed by atoms with Crippen molar-refractivity contribution in [2.45, 2.75) is 53.0 Å². The average molecular weight is 1840 g/mol. The number of morpholine rings is 4. The number of imidazole rings is 8. The second kappa shape index (κ2) is 37.8. The lowest BCUT2D eigenvalue weighted by molar-refractivity contribution is -0.383. The normalized spacial score (nSPS) is 14.3. The molecule has 0 unspecified atom stereocenters. The van der Waals surface area contributed by atoms with Crippen molar-refractivity contribution in [3.8, 4) is 17.1 Å². The van der Waals surface area contributed by atoms with Crippen LogP contribution in [0, 0.1) is 10.1 Å². The van der Waals surface area contributed by atoms with Gasteiger partial charge in [-0.1, -0.05) is 18.2 Å². The topological polar surface area (TPSA) is 509 Å². The van der Waals surface area contributed by atoms with Crippen molar-refractivity contribution in [2.24, 2.45) is 0 Å². The molecule has 4 aliphatic heterocycles. The number of nitrogens with zero attached hydrogens (tertiary/aromatic N) is 25. The van der Waals surface area contributed by atoms with Crippen molar-refractivity contribution in [3.63, 3.8) is 0 Å². The smallest absolute Gasteiger partial charge is 0.340 e. The lowest BCUT2D eigenvalue weighted by atomic mass is 10.2. The number of para-hydroxylation sites is 3. The van der Waals surface area contributed by atoms with Gasteiger partial charge in [0.05, 0.1) is 153 Å². The number of nitrogens with two attached hydrogens (primary N) is 2. The first-order chi connectivity index (χ1) is 64.7. The Morgan fingerprint density at radius 2 is 0.826 bits per heavy atom. The first kappa shape index (κ1) is 84.9. The van der Waals surface area contributed by atoms with Crippen LogP contribution in [-0.4, -0.2) is 241 Å². The number of hydrogen-bond donors (Lipinski definition) is 10. The van der Waals surface area contributed by atoms with Crippen molar-refractivity contribution in [2.75, 3.05) is 164 Å². The predicted octanol–water partition coefficient (Wildman–Crippen LogP) is 11.6. The van der Waals surface area contributed by atoms with E-state index in [9.17, 15) is 14.9 Å². The number of H-pyrrole nitrogens is 4. The van der Waals surface area contributed by atoms with Crippen LogP contribution in [0.4, 0.5) is 64.1 Å². The van der Waals surface area contributed by atoms with Crippen LogP contribution in [0.15, 0.2) is 149 Å². The van der Waals surface area contributed by atoms with E-state index in [4.69, 9.17) is 75.0 Å². The molecule has 12 N–H and O–H groups in total. The summed E-state index contributed by atoms with van der Waals surface area (Å²) in [6, 6.07) is 27.9. The Morgan fingerprint density at radius 3 is 1.24 bits per heavy atom. The number of nitro groups is 1. The molecule has 0 saturated carbocycles. The first-order valence-corrected chi connectivity index (χ1v) is 45.6. The fourth-order valence-corrected chi connectivity index (χ4v) is 17.6. The van der Waals surface area contributed by atoms with Crippen LogP contribution in [0.5, 0.6) is 0 Å². The van der Waals surface area contributed by atoms with Crippen LogP contribution in [-0.2, 0) is 49.9 Å². The van der Waals surface area contributed by atoms with Gasteiger partial charge < -0.3 is 101 Å². The second-order valence-corrected chi connectivity index (χ2v) is 33.5. The first-order valence-electron chi connectivity index (χ1n) is 42.8. The highest BCUT2D eigenvalue weighted by atomic mass is 32.1.